The van der Waals surface area contributed by atoms with Crippen LogP contribution in [0.4, 0.5) is 5.69 Å². The summed E-state index contributed by atoms with van der Waals surface area (Å²) in [4.78, 5) is 12.0. The van der Waals surface area contributed by atoms with Crippen molar-refractivity contribution < 1.29 is 13.2 Å². The Bertz CT molecular complexity index is 737. The number of benzene rings is 2. The molecule has 2 aromatic rings. The van der Waals surface area contributed by atoms with Gasteiger partial charge in [-0.3, -0.25) is 4.79 Å². The van der Waals surface area contributed by atoms with E-state index in [9.17, 15) is 13.2 Å². The molecule has 0 heterocycles. The minimum atomic E-state index is -3.64. The molecule has 0 unspecified atom stereocenters. The van der Waals surface area contributed by atoms with E-state index in [-0.39, 0.29) is 4.90 Å². The summed E-state index contributed by atoms with van der Waals surface area (Å²) in [5.74, 6) is -1.18. The molecule has 0 spiro atoms. The predicted molar refractivity (Wildman–Crippen MR) is 83.3 cm³/mol. The standard InChI is InChI=1S/C15H14ClNO3S/c1-11-2-8-14(9-3-11)21(19,20)10-15(18)17-13-6-4-12(16)5-7-13/h2-9H,10H2,1H3,(H,17,18). The number of halogens is 1. The Morgan fingerprint density at radius 1 is 1.05 bits per heavy atom. The fourth-order valence-corrected chi connectivity index (χ4v) is 2.99. The monoisotopic (exact) mass is 323 g/mol. The summed E-state index contributed by atoms with van der Waals surface area (Å²) in [5, 5.41) is 3.07. The molecule has 1 N–H and O–H groups in total. The third-order valence-electron chi connectivity index (χ3n) is 2.83. The lowest BCUT2D eigenvalue weighted by molar-refractivity contribution is -0.113. The summed E-state index contributed by atoms with van der Waals surface area (Å²) in [6.45, 7) is 1.86. The van der Waals surface area contributed by atoms with Crippen molar-refractivity contribution in [2.24, 2.45) is 0 Å². The number of hydrogen-bond donors (Lipinski definition) is 1. The van der Waals surface area contributed by atoms with E-state index in [0.717, 1.165) is 5.56 Å². The second kappa shape index (κ2) is 6.28. The molecule has 2 aromatic carbocycles. The molecule has 4 nitrogen and oxygen atoms in total. The van der Waals surface area contributed by atoms with Gasteiger partial charge in [0.2, 0.25) is 5.91 Å². The molecule has 0 fully saturated rings. The average molecular weight is 324 g/mol. The van der Waals surface area contributed by atoms with E-state index in [2.05, 4.69) is 5.32 Å². The summed E-state index contributed by atoms with van der Waals surface area (Å²) in [6.07, 6.45) is 0. The Labute approximate surface area is 128 Å². The van der Waals surface area contributed by atoms with E-state index in [4.69, 9.17) is 11.6 Å². The largest absolute Gasteiger partial charge is 0.325 e. The number of aryl methyl sites for hydroxylation is 1. The number of amides is 1. The molecule has 110 valence electrons. The average Bonchev–Trinajstić information content (AvgIpc) is 2.41. The molecule has 0 radical (unpaired) electrons. The van der Waals surface area contributed by atoms with Gasteiger partial charge in [-0.1, -0.05) is 29.3 Å². The lowest BCUT2D eigenvalue weighted by Gasteiger charge is -2.07. The van der Waals surface area contributed by atoms with Crippen LogP contribution in [-0.4, -0.2) is 20.1 Å². The number of nitrogens with one attached hydrogen (secondary N) is 1. The molecule has 6 heteroatoms. The predicted octanol–water partition coefficient (Wildman–Crippen LogP) is 3.06. The second-order valence-corrected chi connectivity index (χ2v) is 7.05. The first kappa shape index (κ1) is 15.5. The minimum absolute atomic E-state index is 0.138. The van der Waals surface area contributed by atoms with Crippen molar-refractivity contribution in [1.29, 1.82) is 0 Å². The smallest absolute Gasteiger partial charge is 0.239 e. The number of sulfone groups is 1. The van der Waals surface area contributed by atoms with Gasteiger partial charge in [0.15, 0.2) is 9.84 Å². The van der Waals surface area contributed by atoms with E-state index in [1.54, 1.807) is 36.4 Å². The van der Waals surface area contributed by atoms with Crippen molar-refractivity contribution >= 4 is 33.0 Å². The molecule has 0 aromatic heterocycles. The van der Waals surface area contributed by atoms with Gasteiger partial charge in [0.25, 0.3) is 0 Å². The first-order valence-electron chi connectivity index (χ1n) is 6.22. The van der Waals surface area contributed by atoms with Crippen molar-refractivity contribution in [2.45, 2.75) is 11.8 Å². The van der Waals surface area contributed by atoms with E-state index < -0.39 is 21.5 Å². The first-order valence-corrected chi connectivity index (χ1v) is 8.25. The van der Waals surface area contributed by atoms with Crippen LogP contribution in [0.1, 0.15) is 5.56 Å². The first-order chi connectivity index (χ1) is 9.87. The summed E-state index contributed by atoms with van der Waals surface area (Å²) < 4.78 is 24.2. The van der Waals surface area contributed by atoms with Gasteiger partial charge in [-0.05, 0) is 43.3 Å². The highest BCUT2D eigenvalue weighted by Crippen LogP contribution is 2.15. The van der Waals surface area contributed by atoms with Gasteiger partial charge < -0.3 is 5.32 Å². The molecule has 0 saturated carbocycles. The zero-order valence-corrected chi connectivity index (χ0v) is 12.9. The fourth-order valence-electron chi connectivity index (χ4n) is 1.73. The van der Waals surface area contributed by atoms with Crippen LogP contribution in [0.15, 0.2) is 53.4 Å². The maximum Gasteiger partial charge on any atom is 0.239 e. The van der Waals surface area contributed by atoms with E-state index >= 15 is 0 Å². The lowest BCUT2D eigenvalue weighted by Crippen LogP contribution is -2.23. The van der Waals surface area contributed by atoms with Crippen LogP contribution in [0.5, 0.6) is 0 Å². The highest BCUT2D eigenvalue weighted by Gasteiger charge is 2.19. The van der Waals surface area contributed by atoms with Crippen LogP contribution in [0.25, 0.3) is 0 Å². The van der Waals surface area contributed by atoms with Gasteiger partial charge in [-0.25, -0.2) is 8.42 Å². The van der Waals surface area contributed by atoms with Gasteiger partial charge in [-0.15, -0.1) is 0 Å². The van der Waals surface area contributed by atoms with Gasteiger partial charge in [0, 0.05) is 10.7 Å². The van der Waals surface area contributed by atoms with Gasteiger partial charge in [0.05, 0.1) is 4.90 Å². The van der Waals surface area contributed by atoms with Gasteiger partial charge >= 0.3 is 0 Å². The second-order valence-electron chi connectivity index (χ2n) is 4.63. The normalized spacial score (nSPS) is 11.1. The quantitative estimate of drug-likeness (QED) is 0.940. The SMILES string of the molecule is Cc1ccc(S(=O)(=O)CC(=O)Nc2ccc(Cl)cc2)cc1. The van der Waals surface area contributed by atoms with Crippen molar-refractivity contribution in [2.75, 3.05) is 11.1 Å². The summed E-state index contributed by atoms with van der Waals surface area (Å²) in [7, 11) is -3.64. The molecule has 0 aliphatic carbocycles. The number of carbonyl (C=O) groups is 1. The topological polar surface area (TPSA) is 63.2 Å². The van der Waals surface area contributed by atoms with Crippen LogP contribution in [0, 0.1) is 6.92 Å². The Balaban J connectivity index is 2.07. The van der Waals surface area contributed by atoms with Crippen LogP contribution in [-0.2, 0) is 14.6 Å². The third-order valence-corrected chi connectivity index (χ3v) is 4.71. The number of hydrogen-bond acceptors (Lipinski definition) is 3. The molecule has 0 bridgehead atoms. The third kappa shape index (κ3) is 4.31. The number of rotatable bonds is 4. The van der Waals surface area contributed by atoms with Crippen molar-refractivity contribution in [3.8, 4) is 0 Å². The number of anilines is 1. The molecule has 0 aliphatic rings. The molecule has 0 saturated heterocycles. The zero-order chi connectivity index (χ0) is 15.5. The Morgan fingerprint density at radius 3 is 2.19 bits per heavy atom. The summed E-state index contributed by atoms with van der Waals surface area (Å²) in [6, 6.07) is 12.9. The Morgan fingerprint density at radius 2 is 1.62 bits per heavy atom. The summed E-state index contributed by atoms with van der Waals surface area (Å²) >= 11 is 5.74. The van der Waals surface area contributed by atoms with E-state index in [0.29, 0.717) is 10.7 Å². The van der Waals surface area contributed by atoms with E-state index in [1.165, 1.54) is 12.1 Å². The molecule has 1 amide bonds. The minimum Gasteiger partial charge on any atom is -0.325 e. The highest BCUT2D eigenvalue weighted by molar-refractivity contribution is 7.92. The maximum atomic E-state index is 12.1. The molecule has 0 atom stereocenters. The van der Waals surface area contributed by atoms with Gasteiger partial charge in [0.1, 0.15) is 5.75 Å². The fraction of sp³-hybridized carbons (Fsp3) is 0.133. The van der Waals surface area contributed by atoms with Crippen molar-refractivity contribution in [3.63, 3.8) is 0 Å². The Hall–Kier alpha value is -1.85. The highest BCUT2D eigenvalue weighted by atomic mass is 35.5. The van der Waals surface area contributed by atoms with Gasteiger partial charge in [-0.2, -0.15) is 0 Å². The molecule has 21 heavy (non-hydrogen) atoms. The van der Waals surface area contributed by atoms with E-state index in [1.807, 2.05) is 6.92 Å². The number of carbonyl (C=O) groups excluding carboxylic acids is 1. The van der Waals surface area contributed by atoms with Crippen molar-refractivity contribution in [1.82, 2.24) is 0 Å². The molecular weight excluding hydrogens is 310 g/mol. The summed E-state index contributed by atoms with van der Waals surface area (Å²) in [5.41, 5.74) is 1.46. The van der Waals surface area contributed by atoms with Crippen molar-refractivity contribution in [3.05, 3.63) is 59.1 Å². The maximum absolute atomic E-state index is 12.1. The van der Waals surface area contributed by atoms with Crippen LogP contribution < -0.4 is 5.32 Å². The zero-order valence-electron chi connectivity index (χ0n) is 11.3. The van der Waals surface area contributed by atoms with Crippen LogP contribution in [0.3, 0.4) is 0 Å². The Kier molecular flexibility index (Phi) is 4.65. The van der Waals surface area contributed by atoms with Crippen LogP contribution >= 0.6 is 11.6 Å². The van der Waals surface area contributed by atoms with Crippen LogP contribution in [0.2, 0.25) is 5.02 Å². The molecular formula is C15H14ClNO3S. The molecule has 2 rings (SSSR count). The molecule has 0 aliphatic heterocycles. The lowest BCUT2D eigenvalue weighted by atomic mass is 10.2.